The lowest BCUT2D eigenvalue weighted by atomic mass is 10.7. The highest BCUT2D eigenvalue weighted by Gasteiger charge is 2.11. The van der Waals surface area contributed by atoms with Crippen LogP contribution in [-0.2, 0) is 21.9 Å². The molecule has 62 valence electrons. The van der Waals surface area contributed by atoms with E-state index in [0.29, 0.717) is 0 Å². The Hall–Kier alpha value is -0.690. The molecule has 6 nitrogen and oxygen atoms in total. The van der Waals surface area contributed by atoms with Gasteiger partial charge in [0.25, 0.3) is 0 Å². The van der Waals surface area contributed by atoms with E-state index in [4.69, 9.17) is 10.7 Å². The van der Waals surface area contributed by atoms with Crippen molar-refractivity contribution in [3.05, 3.63) is 5.82 Å². The Labute approximate surface area is 67.6 Å². The zero-order chi connectivity index (χ0) is 8.48. The highest BCUT2D eigenvalue weighted by molar-refractivity contribution is 8.13. The smallest absolute Gasteiger partial charge is 0.232 e. The van der Waals surface area contributed by atoms with Crippen molar-refractivity contribution in [1.29, 1.82) is 0 Å². The first kappa shape index (κ1) is 8.41. The van der Waals surface area contributed by atoms with Crippen molar-refractivity contribution in [2.45, 2.75) is 5.75 Å². The summed E-state index contributed by atoms with van der Waals surface area (Å²) in [6.45, 7) is 0. The minimum absolute atomic E-state index is 0.222. The second kappa shape index (κ2) is 2.74. The first-order valence-electron chi connectivity index (χ1n) is 2.62. The normalized spacial score (nSPS) is 11.8. The van der Waals surface area contributed by atoms with E-state index in [-0.39, 0.29) is 11.6 Å². The molecule has 0 saturated carbocycles. The molecule has 0 bridgehead atoms. The molecule has 0 saturated heterocycles. The van der Waals surface area contributed by atoms with Crippen LogP contribution in [0.1, 0.15) is 5.82 Å². The van der Waals surface area contributed by atoms with Gasteiger partial charge in [-0.05, 0) is 10.4 Å². The summed E-state index contributed by atoms with van der Waals surface area (Å²) in [6, 6.07) is 0. The number of nitrogens with zero attached hydrogens (tertiary/aromatic N) is 4. The molecule has 0 aliphatic rings. The fourth-order valence-electron chi connectivity index (χ4n) is 0.524. The standard InChI is InChI=1S/C3H5ClN4O2S/c1-8-3(5-6-7-8)2-11(4,9)10/h2H2,1H3. The number of hydrogen-bond donors (Lipinski definition) is 0. The summed E-state index contributed by atoms with van der Waals surface area (Å²) < 4.78 is 22.3. The zero-order valence-electron chi connectivity index (χ0n) is 5.60. The SMILES string of the molecule is Cn1nnnc1CS(=O)(=O)Cl. The van der Waals surface area contributed by atoms with E-state index in [0.717, 1.165) is 0 Å². The number of rotatable bonds is 2. The van der Waals surface area contributed by atoms with Gasteiger partial charge < -0.3 is 0 Å². The van der Waals surface area contributed by atoms with Crippen LogP contribution in [0.2, 0.25) is 0 Å². The molecule has 0 fully saturated rings. The van der Waals surface area contributed by atoms with Crippen LogP contribution in [0.5, 0.6) is 0 Å². The van der Waals surface area contributed by atoms with Gasteiger partial charge >= 0.3 is 0 Å². The quantitative estimate of drug-likeness (QED) is 0.584. The lowest BCUT2D eigenvalue weighted by molar-refractivity contribution is 0.604. The third-order valence-electron chi connectivity index (χ3n) is 1.01. The third kappa shape index (κ3) is 2.43. The van der Waals surface area contributed by atoms with Gasteiger partial charge in [-0.2, -0.15) is 0 Å². The van der Waals surface area contributed by atoms with Crippen LogP contribution >= 0.6 is 10.7 Å². The van der Waals surface area contributed by atoms with Crippen molar-refractivity contribution >= 4 is 19.7 Å². The molecule has 1 heterocycles. The van der Waals surface area contributed by atoms with Crippen LogP contribution in [-0.4, -0.2) is 28.6 Å². The molecule has 8 heteroatoms. The van der Waals surface area contributed by atoms with E-state index in [1.54, 1.807) is 0 Å². The van der Waals surface area contributed by atoms with Crippen LogP contribution in [0, 0.1) is 0 Å². The predicted octanol–water partition coefficient (Wildman–Crippen LogP) is -0.721. The van der Waals surface area contributed by atoms with Crippen LogP contribution in [0.15, 0.2) is 0 Å². The van der Waals surface area contributed by atoms with Crippen LogP contribution < -0.4 is 0 Å². The monoisotopic (exact) mass is 196 g/mol. The summed E-state index contributed by atoms with van der Waals surface area (Å²) in [6.07, 6.45) is 0. The summed E-state index contributed by atoms with van der Waals surface area (Å²) in [7, 11) is 2.94. The van der Waals surface area contributed by atoms with E-state index >= 15 is 0 Å². The van der Waals surface area contributed by atoms with Gasteiger partial charge in [-0.1, -0.05) is 0 Å². The molecule has 1 aromatic heterocycles. The number of aryl methyl sites for hydroxylation is 1. The van der Waals surface area contributed by atoms with E-state index in [2.05, 4.69) is 15.5 Å². The Bertz CT molecular complexity index is 344. The van der Waals surface area contributed by atoms with Gasteiger partial charge in [-0.3, -0.25) is 0 Å². The van der Waals surface area contributed by atoms with Gasteiger partial charge in [0.05, 0.1) is 0 Å². The molecular weight excluding hydrogens is 192 g/mol. The maximum absolute atomic E-state index is 10.5. The van der Waals surface area contributed by atoms with Crippen molar-refractivity contribution in [2.24, 2.45) is 7.05 Å². The van der Waals surface area contributed by atoms with E-state index < -0.39 is 9.05 Å². The molecule has 0 amide bonds. The van der Waals surface area contributed by atoms with E-state index in [1.807, 2.05) is 0 Å². The fraction of sp³-hybridized carbons (Fsp3) is 0.667. The second-order valence-electron chi connectivity index (χ2n) is 1.90. The minimum Gasteiger partial charge on any atom is -0.232 e. The Balaban J connectivity index is 2.89. The van der Waals surface area contributed by atoms with Crippen LogP contribution in [0.3, 0.4) is 0 Å². The fourth-order valence-corrected chi connectivity index (χ4v) is 1.37. The highest BCUT2D eigenvalue weighted by atomic mass is 35.7. The average Bonchev–Trinajstić information content (AvgIpc) is 2.12. The summed E-state index contributed by atoms with van der Waals surface area (Å²) >= 11 is 0. The number of hydrogen-bond acceptors (Lipinski definition) is 5. The van der Waals surface area contributed by atoms with E-state index in [9.17, 15) is 8.42 Å². The lowest BCUT2D eigenvalue weighted by Gasteiger charge is -1.92. The Kier molecular flexibility index (Phi) is 2.10. The molecule has 0 atom stereocenters. The highest BCUT2D eigenvalue weighted by Crippen LogP contribution is 2.03. The first-order valence-corrected chi connectivity index (χ1v) is 5.10. The molecule has 0 aromatic carbocycles. The summed E-state index contributed by atoms with van der Waals surface area (Å²) in [5, 5.41) is 10.1. The second-order valence-corrected chi connectivity index (χ2v) is 4.68. The maximum atomic E-state index is 10.5. The molecule has 0 radical (unpaired) electrons. The summed E-state index contributed by atoms with van der Waals surface area (Å²) in [5.74, 6) is -0.127. The summed E-state index contributed by atoms with van der Waals surface area (Å²) in [5.41, 5.74) is 0. The largest absolute Gasteiger partial charge is 0.239 e. The number of aromatic nitrogens is 4. The zero-order valence-corrected chi connectivity index (χ0v) is 7.17. The topological polar surface area (TPSA) is 77.7 Å². The van der Waals surface area contributed by atoms with Gasteiger partial charge in [-0.15, -0.1) is 5.10 Å². The Morgan fingerprint density at radius 3 is 2.64 bits per heavy atom. The third-order valence-corrected chi connectivity index (χ3v) is 1.94. The predicted molar refractivity (Wildman–Crippen MR) is 37.3 cm³/mol. The van der Waals surface area contributed by atoms with Crippen molar-refractivity contribution in [2.75, 3.05) is 0 Å². The van der Waals surface area contributed by atoms with Gasteiger partial charge in [0, 0.05) is 17.7 Å². The molecule has 11 heavy (non-hydrogen) atoms. The molecule has 0 aliphatic heterocycles. The molecule has 0 spiro atoms. The van der Waals surface area contributed by atoms with Crippen LogP contribution in [0.25, 0.3) is 0 Å². The molecule has 1 rings (SSSR count). The maximum Gasteiger partial charge on any atom is 0.239 e. The first-order chi connectivity index (χ1) is 4.99. The number of halogens is 1. The molecule has 0 aliphatic carbocycles. The van der Waals surface area contributed by atoms with Gasteiger partial charge in [0.2, 0.25) is 9.05 Å². The molecule has 0 unspecified atom stereocenters. The van der Waals surface area contributed by atoms with Gasteiger partial charge in [0.15, 0.2) is 5.82 Å². The molecule has 0 N–H and O–H groups in total. The minimum atomic E-state index is -3.56. The Morgan fingerprint density at radius 1 is 1.64 bits per heavy atom. The number of tetrazole rings is 1. The van der Waals surface area contributed by atoms with Crippen LogP contribution in [0.4, 0.5) is 0 Å². The molecular formula is C3H5ClN4O2S. The van der Waals surface area contributed by atoms with Crippen molar-refractivity contribution in [3.8, 4) is 0 Å². The van der Waals surface area contributed by atoms with Crippen molar-refractivity contribution < 1.29 is 8.42 Å². The Morgan fingerprint density at radius 2 is 2.27 bits per heavy atom. The average molecular weight is 197 g/mol. The molecule has 1 aromatic rings. The lowest BCUT2D eigenvalue weighted by Crippen LogP contribution is -2.04. The van der Waals surface area contributed by atoms with Crippen molar-refractivity contribution in [1.82, 2.24) is 20.2 Å². The van der Waals surface area contributed by atoms with Gasteiger partial charge in [-0.25, -0.2) is 13.1 Å². The van der Waals surface area contributed by atoms with Crippen molar-refractivity contribution in [3.63, 3.8) is 0 Å². The van der Waals surface area contributed by atoms with Gasteiger partial charge in [0.1, 0.15) is 5.75 Å². The summed E-state index contributed by atoms with van der Waals surface area (Å²) in [4.78, 5) is 0. The van der Waals surface area contributed by atoms with E-state index in [1.165, 1.54) is 11.7 Å².